The molecule has 2 saturated heterocycles. The average molecular weight is 896 g/mol. The van der Waals surface area contributed by atoms with Gasteiger partial charge in [-0.15, -0.1) is 0 Å². The summed E-state index contributed by atoms with van der Waals surface area (Å²) in [6.45, 7) is 5.33. The lowest BCUT2D eigenvalue weighted by atomic mass is 10.0. The molecule has 332 valence electrons. The maximum atomic E-state index is 13.3. The number of hydrogen-bond donors (Lipinski definition) is 3. The molecular formula is C48H45N7O9S. The van der Waals surface area contributed by atoms with Crippen molar-refractivity contribution in [3.8, 4) is 22.8 Å². The fourth-order valence-corrected chi connectivity index (χ4v) is 9.05. The molecule has 17 heteroatoms. The van der Waals surface area contributed by atoms with Gasteiger partial charge in [0.15, 0.2) is 11.3 Å². The Kier molecular flexibility index (Phi) is 12.4. The second-order valence-electron chi connectivity index (χ2n) is 16.0. The normalized spacial score (nSPS) is 14.9. The molecule has 3 N–H and O–H groups in total. The maximum absolute atomic E-state index is 13.3. The highest BCUT2D eigenvalue weighted by Crippen LogP contribution is 2.31. The smallest absolute Gasteiger partial charge is 0.293 e. The van der Waals surface area contributed by atoms with Crippen molar-refractivity contribution in [3.05, 3.63) is 154 Å². The number of fused-ring (bicyclic) bond motifs is 1. The molecule has 0 spiro atoms. The molecule has 2 amide bonds. The van der Waals surface area contributed by atoms with Crippen molar-refractivity contribution in [3.63, 3.8) is 0 Å². The number of carbonyl (C=O) groups is 2. The van der Waals surface area contributed by atoms with Crippen LogP contribution in [0.15, 0.2) is 141 Å². The molecule has 2 aliphatic heterocycles. The van der Waals surface area contributed by atoms with Gasteiger partial charge in [0.2, 0.25) is 5.89 Å². The van der Waals surface area contributed by atoms with Gasteiger partial charge in [0, 0.05) is 86.6 Å². The molecular weight excluding hydrogens is 851 g/mol. The number of nitro benzene ring substituents is 1. The van der Waals surface area contributed by atoms with Crippen LogP contribution in [-0.2, 0) is 21.3 Å². The Morgan fingerprint density at radius 1 is 0.800 bits per heavy atom. The van der Waals surface area contributed by atoms with Gasteiger partial charge in [-0.25, -0.2) is 18.1 Å². The van der Waals surface area contributed by atoms with Gasteiger partial charge in [0.25, 0.3) is 27.5 Å². The van der Waals surface area contributed by atoms with Crippen LogP contribution < -0.4 is 20.3 Å². The summed E-state index contributed by atoms with van der Waals surface area (Å²) >= 11 is 0. The molecule has 65 heavy (non-hydrogen) atoms. The average Bonchev–Trinajstić information content (AvgIpc) is 4.00. The molecule has 0 bridgehead atoms. The summed E-state index contributed by atoms with van der Waals surface area (Å²) in [7, 11) is -4.42. The number of nitrogens with zero attached hydrogens (tertiary/aromatic N) is 4. The standard InChI is InChI=1S/C48H45N7O9S/c56-46(52-65(60,61)38-15-16-40(42(29-38)55(58)59)49-30-32-20-26-62-27-21-32)33-10-13-37(14-11-33)54-24-22-53(23-25-54)31-35-8-4-5-9-39(35)43-18-19-45(63-43)47(57)50-36-12-17-44-41(28-36)51-48(64-44)34-6-2-1-3-7-34/h1-19,28-29,32,49H,20-27,30-31H2,(H,50,57)(H,52,56). The molecule has 5 aromatic carbocycles. The predicted molar refractivity (Wildman–Crippen MR) is 245 cm³/mol. The number of hydrogen-bond acceptors (Lipinski definition) is 13. The number of carbonyl (C=O) groups excluding carboxylic acids is 2. The molecule has 0 unspecified atom stereocenters. The zero-order valence-electron chi connectivity index (χ0n) is 35.1. The second kappa shape index (κ2) is 18.8. The summed E-state index contributed by atoms with van der Waals surface area (Å²) in [6.07, 6.45) is 1.66. The highest BCUT2D eigenvalue weighted by Gasteiger charge is 2.26. The van der Waals surface area contributed by atoms with Crippen molar-refractivity contribution >= 4 is 55.7 Å². The van der Waals surface area contributed by atoms with E-state index in [9.17, 15) is 28.1 Å². The lowest BCUT2D eigenvalue weighted by Gasteiger charge is -2.36. The number of aromatic nitrogens is 1. The van der Waals surface area contributed by atoms with Gasteiger partial charge in [0.05, 0.1) is 9.82 Å². The fourth-order valence-electron chi connectivity index (χ4n) is 8.06. The minimum Gasteiger partial charge on any atom is -0.451 e. The molecule has 7 aromatic rings. The van der Waals surface area contributed by atoms with Gasteiger partial charge in [-0.2, -0.15) is 0 Å². The van der Waals surface area contributed by atoms with Crippen molar-refractivity contribution in [2.75, 3.05) is 61.5 Å². The molecule has 2 aromatic heterocycles. The Morgan fingerprint density at radius 2 is 1.55 bits per heavy atom. The van der Waals surface area contributed by atoms with Crippen molar-refractivity contribution in [1.29, 1.82) is 0 Å². The quantitative estimate of drug-likeness (QED) is 0.0697. The van der Waals surface area contributed by atoms with Crippen LogP contribution in [0.2, 0.25) is 0 Å². The largest absolute Gasteiger partial charge is 0.451 e. The van der Waals surface area contributed by atoms with Crippen LogP contribution in [0.5, 0.6) is 0 Å². The minimum atomic E-state index is -4.42. The summed E-state index contributed by atoms with van der Waals surface area (Å²) in [5, 5.41) is 17.9. The molecule has 16 nitrogen and oxygen atoms in total. The van der Waals surface area contributed by atoms with E-state index in [4.69, 9.17) is 13.6 Å². The number of sulfonamides is 1. The predicted octanol–water partition coefficient (Wildman–Crippen LogP) is 8.19. The van der Waals surface area contributed by atoms with E-state index in [-0.39, 0.29) is 27.8 Å². The lowest BCUT2D eigenvalue weighted by molar-refractivity contribution is -0.384. The number of nitrogens with one attached hydrogen (secondary N) is 3. The van der Waals surface area contributed by atoms with Crippen molar-refractivity contribution < 1.29 is 36.5 Å². The third kappa shape index (κ3) is 9.92. The van der Waals surface area contributed by atoms with Crippen LogP contribution in [0.3, 0.4) is 0 Å². The number of furan rings is 1. The number of benzene rings is 5. The molecule has 4 heterocycles. The van der Waals surface area contributed by atoms with Crippen molar-refractivity contribution in [2.45, 2.75) is 24.3 Å². The van der Waals surface area contributed by atoms with Crippen LogP contribution in [-0.4, -0.2) is 81.0 Å². The summed E-state index contributed by atoms with van der Waals surface area (Å²) in [5.74, 6) is 0.295. The number of ether oxygens (including phenoxy) is 1. The number of rotatable bonds is 14. The van der Waals surface area contributed by atoms with E-state index in [0.717, 1.165) is 54.4 Å². The zero-order valence-corrected chi connectivity index (χ0v) is 36.0. The number of amides is 2. The fraction of sp³-hybridized carbons (Fsp3) is 0.229. The summed E-state index contributed by atoms with van der Waals surface area (Å²) < 4.78 is 45.9. The van der Waals surface area contributed by atoms with E-state index in [1.807, 2.05) is 54.6 Å². The summed E-state index contributed by atoms with van der Waals surface area (Å²) in [5.41, 5.74) is 5.40. The maximum Gasteiger partial charge on any atom is 0.293 e. The molecule has 0 saturated carbocycles. The number of anilines is 3. The highest BCUT2D eigenvalue weighted by atomic mass is 32.2. The third-order valence-corrected chi connectivity index (χ3v) is 13.0. The Bertz CT molecular complexity index is 2960. The van der Waals surface area contributed by atoms with Crippen LogP contribution >= 0.6 is 0 Å². The number of nitro groups is 1. The topological polar surface area (TPSA) is 202 Å². The summed E-state index contributed by atoms with van der Waals surface area (Å²) in [4.78, 5) is 46.4. The van der Waals surface area contributed by atoms with E-state index in [1.165, 1.54) is 12.1 Å². The molecule has 0 atom stereocenters. The first-order valence-electron chi connectivity index (χ1n) is 21.3. The van der Waals surface area contributed by atoms with Gasteiger partial charge in [-0.05, 0) is 103 Å². The molecule has 2 fully saturated rings. The van der Waals surface area contributed by atoms with Gasteiger partial charge in [0.1, 0.15) is 17.0 Å². The van der Waals surface area contributed by atoms with Crippen molar-refractivity contribution in [2.24, 2.45) is 5.92 Å². The Balaban J connectivity index is 0.779. The zero-order chi connectivity index (χ0) is 44.9. The Morgan fingerprint density at radius 3 is 2.32 bits per heavy atom. The molecule has 0 radical (unpaired) electrons. The van der Waals surface area contributed by atoms with Gasteiger partial charge >= 0.3 is 0 Å². The first-order chi connectivity index (χ1) is 31.6. The van der Waals surface area contributed by atoms with Gasteiger partial charge in [-0.1, -0.05) is 42.5 Å². The van der Waals surface area contributed by atoms with E-state index in [0.29, 0.717) is 67.8 Å². The minimum absolute atomic E-state index is 0.126. The first kappa shape index (κ1) is 42.9. The number of piperazine rings is 1. The molecule has 2 aliphatic rings. The Labute approximate surface area is 374 Å². The van der Waals surface area contributed by atoms with Crippen LogP contribution in [0, 0.1) is 16.0 Å². The van der Waals surface area contributed by atoms with Gasteiger partial charge in [-0.3, -0.25) is 24.6 Å². The first-order valence-corrected chi connectivity index (χ1v) is 22.7. The lowest BCUT2D eigenvalue weighted by Crippen LogP contribution is -2.46. The second-order valence-corrected chi connectivity index (χ2v) is 17.6. The summed E-state index contributed by atoms with van der Waals surface area (Å²) in [6, 6.07) is 36.5. The Hall–Kier alpha value is -7.34. The highest BCUT2D eigenvalue weighted by molar-refractivity contribution is 7.90. The SMILES string of the molecule is O=C(NS(=O)(=O)c1ccc(NCC2CCOCC2)c([N+](=O)[O-])c1)c1ccc(N2CCN(Cc3ccccc3-c3ccc(C(=O)Nc4ccc5oc(-c6ccccc6)nc5c4)o3)CC2)cc1. The van der Waals surface area contributed by atoms with E-state index in [2.05, 4.69) is 30.1 Å². The van der Waals surface area contributed by atoms with Crippen LogP contribution in [0.4, 0.5) is 22.7 Å². The molecule has 0 aliphatic carbocycles. The monoisotopic (exact) mass is 895 g/mol. The molecule has 9 rings (SSSR count). The van der Waals surface area contributed by atoms with Crippen molar-refractivity contribution in [1.82, 2.24) is 14.6 Å². The van der Waals surface area contributed by atoms with Crippen LogP contribution in [0.25, 0.3) is 33.9 Å². The number of oxazole rings is 1. The van der Waals surface area contributed by atoms with E-state index in [1.54, 1.807) is 54.6 Å². The third-order valence-electron chi connectivity index (χ3n) is 11.7. The van der Waals surface area contributed by atoms with Crippen LogP contribution in [0.1, 0.15) is 39.3 Å². The van der Waals surface area contributed by atoms with E-state index >= 15 is 0 Å². The van der Waals surface area contributed by atoms with Gasteiger partial charge < -0.3 is 29.1 Å². The van der Waals surface area contributed by atoms with E-state index < -0.39 is 32.4 Å².